The van der Waals surface area contributed by atoms with Crippen molar-refractivity contribution in [2.45, 2.75) is 315 Å². The number of hydrogen-bond donors (Lipinski definition) is 0. The average molecular weight is 987 g/mol. The maximum absolute atomic E-state index is 12.8. The van der Waals surface area contributed by atoms with E-state index in [4.69, 9.17) is 18.5 Å². The van der Waals surface area contributed by atoms with Gasteiger partial charge in [-0.2, -0.15) is 0 Å². The summed E-state index contributed by atoms with van der Waals surface area (Å²) in [6, 6.07) is 0. The number of rotatable bonds is 56. The number of quaternary nitrogens is 1. The van der Waals surface area contributed by atoms with Gasteiger partial charge in [0.15, 0.2) is 6.10 Å². The van der Waals surface area contributed by atoms with Gasteiger partial charge in [-0.1, -0.05) is 284 Å². The minimum absolute atomic E-state index is 0.0251. The van der Waals surface area contributed by atoms with Crippen LogP contribution in [-0.4, -0.2) is 70.0 Å². The summed E-state index contributed by atoms with van der Waals surface area (Å²) in [6.45, 7) is 4.31. The molecule has 0 spiro atoms. The number of likely N-dealkylation sites (N-methyl/N-ethyl adjacent to an activating group) is 1. The van der Waals surface area contributed by atoms with E-state index in [-0.39, 0.29) is 32.0 Å². The molecule has 0 aromatic rings. The van der Waals surface area contributed by atoms with Crippen LogP contribution in [0.25, 0.3) is 0 Å². The summed E-state index contributed by atoms with van der Waals surface area (Å²) in [5, 5.41) is 0. The Kier molecular flexibility index (Phi) is 50.2. The summed E-state index contributed by atoms with van der Waals surface area (Å²) < 4.78 is 34.2. The Labute approximate surface area is 423 Å². The van der Waals surface area contributed by atoms with Crippen LogP contribution < -0.4 is 4.89 Å². The molecule has 0 aliphatic rings. The fourth-order valence-electron chi connectivity index (χ4n) is 9.01. The predicted octanol–water partition coefficient (Wildman–Crippen LogP) is 17.6. The molecule has 0 rings (SSSR count). The summed E-state index contributed by atoms with van der Waals surface area (Å²) in [6.07, 6.45) is 57.3. The highest BCUT2D eigenvalue weighted by molar-refractivity contribution is 7.45. The molecule has 0 bridgehead atoms. The molecule has 10 heteroatoms. The molecule has 2 atom stereocenters. The first-order valence-electron chi connectivity index (χ1n) is 29.7. The molecule has 0 N–H and O–H groups in total. The second-order valence-electron chi connectivity index (χ2n) is 21.7. The zero-order chi connectivity index (χ0) is 49.9. The lowest BCUT2D eigenvalue weighted by Crippen LogP contribution is -2.37. The summed E-state index contributed by atoms with van der Waals surface area (Å²) in [5.41, 5.74) is 0. The molecule has 0 aromatic heterocycles. The van der Waals surface area contributed by atoms with Gasteiger partial charge in [0, 0.05) is 12.8 Å². The van der Waals surface area contributed by atoms with Crippen LogP contribution in [0.1, 0.15) is 309 Å². The molecular formula is C58H116NO8P. The van der Waals surface area contributed by atoms with Gasteiger partial charge in [-0.15, -0.1) is 0 Å². The molecular weight excluding hydrogens is 870 g/mol. The third-order valence-electron chi connectivity index (χ3n) is 13.6. The second-order valence-corrected chi connectivity index (χ2v) is 23.1. The molecule has 0 saturated carbocycles. The molecule has 0 aliphatic heterocycles. The third kappa shape index (κ3) is 54.3. The average Bonchev–Trinajstić information content (AvgIpc) is 3.30. The van der Waals surface area contributed by atoms with E-state index in [1.165, 1.54) is 244 Å². The van der Waals surface area contributed by atoms with Crippen molar-refractivity contribution < 1.29 is 42.1 Å². The van der Waals surface area contributed by atoms with E-state index in [9.17, 15) is 19.0 Å². The second kappa shape index (κ2) is 50.9. The fourth-order valence-corrected chi connectivity index (χ4v) is 9.74. The van der Waals surface area contributed by atoms with Crippen LogP contribution in [0.2, 0.25) is 0 Å². The number of hydrogen-bond acceptors (Lipinski definition) is 8. The Morgan fingerprint density at radius 3 is 0.941 bits per heavy atom. The van der Waals surface area contributed by atoms with Gasteiger partial charge in [0.1, 0.15) is 19.8 Å². The molecule has 0 amide bonds. The van der Waals surface area contributed by atoms with Crippen molar-refractivity contribution >= 4 is 19.8 Å². The molecule has 2 unspecified atom stereocenters. The largest absolute Gasteiger partial charge is 0.756 e. The number of ether oxygens (including phenoxy) is 2. The quantitative estimate of drug-likeness (QED) is 0.0256. The van der Waals surface area contributed by atoms with Crippen LogP contribution in [-0.2, 0) is 32.7 Å². The van der Waals surface area contributed by atoms with Crippen LogP contribution in [0.4, 0.5) is 0 Å². The highest BCUT2D eigenvalue weighted by Gasteiger charge is 2.22. The highest BCUT2D eigenvalue weighted by Crippen LogP contribution is 2.38. The van der Waals surface area contributed by atoms with E-state index in [0.717, 1.165) is 32.1 Å². The van der Waals surface area contributed by atoms with Crippen molar-refractivity contribution in [3.8, 4) is 0 Å². The highest BCUT2D eigenvalue weighted by atomic mass is 31.2. The SMILES string of the molecule is CCCCCCCCCCCCCCCCCCCCCCCCCCCCCCC(=O)OC(COC(=O)CCCCCCCCCCCCCCCCCC)COP(=O)([O-])OCC[N+](C)(C)C. The van der Waals surface area contributed by atoms with Crippen molar-refractivity contribution in [1.82, 2.24) is 0 Å². The maximum Gasteiger partial charge on any atom is 0.306 e. The predicted molar refractivity (Wildman–Crippen MR) is 287 cm³/mol. The van der Waals surface area contributed by atoms with Crippen molar-refractivity contribution in [2.24, 2.45) is 0 Å². The van der Waals surface area contributed by atoms with Gasteiger partial charge in [0.2, 0.25) is 0 Å². The number of carbonyl (C=O) groups is 2. The molecule has 9 nitrogen and oxygen atoms in total. The van der Waals surface area contributed by atoms with Crippen molar-refractivity contribution in [3.05, 3.63) is 0 Å². The van der Waals surface area contributed by atoms with Crippen LogP contribution >= 0.6 is 7.82 Å². The van der Waals surface area contributed by atoms with Gasteiger partial charge in [-0.3, -0.25) is 14.2 Å². The Morgan fingerprint density at radius 1 is 0.397 bits per heavy atom. The molecule has 0 aromatic carbocycles. The number of esters is 2. The summed E-state index contributed by atoms with van der Waals surface area (Å²) >= 11 is 0. The first kappa shape index (κ1) is 67.0. The molecule has 406 valence electrons. The Hall–Kier alpha value is -0.990. The Morgan fingerprint density at radius 2 is 0.662 bits per heavy atom. The number of phosphoric acid groups is 1. The van der Waals surface area contributed by atoms with Crippen molar-refractivity contribution in [3.63, 3.8) is 0 Å². The lowest BCUT2D eigenvalue weighted by atomic mass is 10.0. The van der Waals surface area contributed by atoms with E-state index in [1.807, 2.05) is 21.1 Å². The maximum atomic E-state index is 12.8. The summed E-state index contributed by atoms with van der Waals surface area (Å²) in [7, 11) is 1.19. The van der Waals surface area contributed by atoms with Gasteiger partial charge in [-0.25, -0.2) is 0 Å². The number of unbranched alkanes of at least 4 members (excludes halogenated alkanes) is 42. The smallest absolute Gasteiger partial charge is 0.306 e. The van der Waals surface area contributed by atoms with Crippen LogP contribution in [0.3, 0.4) is 0 Å². The molecule has 0 heterocycles. The normalized spacial score (nSPS) is 13.2. The van der Waals surface area contributed by atoms with Gasteiger partial charge in [0.05, 0.1) is 27.7 Å². The standard InChI is InChI=1S/C58H116NO8P/c1-6-8-10-12-14-16-18-20-22-24-25-26-27-28-29-30-31-32-33-34-35-37-39-41-43-45-47-49-51-58(61)67-56(55-66-68(62,63)65-53-52-59(3,4)5)54-64-57(60)50-48-46-44-42-40-38-36-23-21-19-17-15-13-11-9-7-2/h56H,6-55H2,1-5H3. The summed E-state index contributed by atoms with van der Waals surface area (Å²) in [5.74, 6) is -0.810. The first-order valence-corrected chi connectivity index (χ1v) is 31.2. The monoisotopic (exact) mass is 986 g/mol. The molecule has 0 radical (unpaired) electrons. The Balaban J connectivity index is 4.03. The number of nitrogens with zero attached hydrogens (tertiary/aromatic N) is 1. The molecule has 0 aliphatic carbocycles. The van der Waals surface area contributed by atoms with Crippen LogP contribution in [0.15, 0.2) is 0 Å². The lowest BCUT2D eigenvalue weighted by molar-refractivity contribution is -0.870. The van der Waals surface area contributed by atoms with Crippen molar-refractivity contribution in [1.29, 1.82) is 0 Å². The molecule has 68 heavy (non-hydrogen) atoms. The minimum atomic E-state index is -4.63. The number of phosphoric ester groups is 1. The zero-order valence-electron chi connectivity index (χ0n) is 46.1. The minimum Gasteiger partial charge on any atom is -0.756 e. The Bertz CT molecular complexity index is 1120. The topological polar surface area (TPSA) is 111 Å². The van der Waals surface area contributed by atoms with E-state index in [1.54, 1.807) is 0 Å². The number of carbonyl (C=O) groups excluding carboxylic acids is 2. The third-order valence-corrected chi connectivity index (χ3v) is 14.6. The van der Waals surface area contributed by atoms with Gasteiger partial charge in [-0.05, 0) is 12.8 Å². The molecule has 0 fully saturated rings. The van der Waals surface area contributed by atoms with E-state index < -0.39 is 26.5 Å². The summed E-state index contributed by atoms with van der Waals surface area (Å²) in [4.78, 5) is 37.8. The van der Waals surface area contributed by atoms with E-state index >= 15 is 0 Å². The van der Waals surface area contributed by atoms with Crippen LogP contribution in [0, 0.1) is 0 Å². The fraction of sp³-hybridized carbons (Fsp3) is 0.966. The van der Waals surface area contributed by atoms with E-state index in [0.29, 0.717) is 17.4 Å². The van der Waals surface area contributed by atoms with Gasteiger partial charge in [0.25, 0.3) is 7.82 Å². The van der Waals surface area contributed by atoms with Crippen molar-refractivity contribution in [2.75, 3.05) is 47.5 Å². The zero-order valence-corrected chi connectivity index (χ0v) is 47.0. The van der Waals surface area contributed by atoms with Crippen LogP contribution in [0.5, 0.6) is 0 Å². The van der Waals surface area contributed by atoms with Gasteiger partial charge >= 0.3 is 11.9 Å². The molecule has 0 saturated heterocycles. The van der Waals surface area contributed by atoms with Gasteiger partial charge < -0.3 is 27.9 Å². The van der Waals surface area contributed by atoms with E-state index in [2.05, 4.69) is 13.8 Å². The first-order chi connectivity index (χ1) is 33.0. The lowest BCUT2D eigenvalue weighted by Gasteiger charge is -2.28.